The van der Waals surface area contributed by atoms with Gasteiger partial charge in [-0.2, -0.15) is 0 Å². The molecule has 7 atom stereocenters. The average molecular weight is 455 g/mol. The van der Waals surface area contributed by atoms with Crippen LogP contribution in [0.25, 0.3) is 0 Å². The summed E-state index contributed by atoms with van der Waals surface area (Å²) in [5.41, 5.74) is 1.62. The lowest BCUT2D eigenvalue weighted by Gasteiger charge is -2.51. The van der Waals surface area contributed by atoms with E-state index in [0.717, 1.165) is 51.4 Å². The first-order chi connectivity index (χ1) is 15.9. The van der Waals surface area contributed by atoms with E-state index in [0.29, 0.717) is 17.9 Å². The zero-order chi connectivity index (χ0) is 22.8. The molecule has 6 heteroatoms. The molecule has 0 unspecified atom stereocenters. The Hall–Kier alpha value is -1.79. The molecule has 2 saturated carbocycles. The highest BCUT2D eigenvalue weighted by Crippen LogP contribution is 2.62. The number of hydrogen-bond donors (Lipinski definition) is 0. The fraction of sp³-hybridized carbons (Fsp3) is 0.741. The Morgan fingerprint density at radius 3 is 2.67 bits per heavy atom. The van der Waals surface area contributed by atoms with Gasteiger partial charge in [0, 0.05) is 43.8 Å². The minimum Gasteiger partial charge on any atom is -0.497 e. The SMILES string of the molecule is COc1ccc(N2CCN(C[C@@H]3C(=O)O[C@@H]4C[C@@]5(C)CCC[C@]6(CO6)[C@H]5C[C@@H]34)C[C@H]2C)cc1. The molecule has 5 aliphatic rings. The number of rotatable bonds is 4. The molecule has 2 aliphatic carbocycles. The maximum Gasteiger partial charge on any atom is 0.310 e. The molecule has 0 N–H and O–H groups in total. The summed E-state index contributed by atoms with van der Waals surface area (Å²) in [5.74, 6) is 1.88. The van der Waals surface area contributed by atoms with Crippen molar-refractivity contribution in [1.82, 2.24) is 4.90 Å². The van der Waals surface area contributed by atoms with E-state index in [2.05, 4.69) is 35.8 Å². The Labute approximate surface area is 197 Å². The molecule has 0 amide bonds. The van der Waals surface area contributed by atoms with Crippen LogP contribution in [-0.4, -0.2) is 68.5 Å². The smallest absolute Gasteiger partial charge is 0.310 e. The van der Waals surface area contributed by atoms with Crippen molar-refractivity contribution in [2.45, 2.75) is 63.7 Å². The van der Waals surface area contributed by atoms with Crippen LogP contribution < -0.4 is 9.64 Å². The monoisotopic (exact) mass is 454 g/mol. The van der Waals surface area contributed by atoms with Crippen LogP contribution in [0.5, 0.6) is 5.75 Å². The van der Waals surface area contributed by atoms with Crippen LogP contribution in [-0.2, 0) is 14.3 Å². The zero-order valence-corrected chi connectivity index (χ0v) is 20.3. The van der Waals surface area contributed by atoms with Crippen molar-refractivity contribution in [1.29, 1.82) is 0 Å². The normalized spacial score (nSPS) is 42.6. The summed E-state index contributed by atoms with van der Waals surface area (Å²) in [7, 11) is 1.70. The molecule has 3 saturated heterocycles. The standard InChI is InChI=1S/C27H38N2O4/c1-18-15-28(11-12-29(18)19-5-7-20(31-3)8-6-19)16-22-21-13-24-26(2,14-23(21)33-25(22)30)9-4-10-27(24)17-32-27/h5-8,18,21-24H,4,9-17H2,1-3H3/t18-,21+,22+,23-,24+,26-,27+/m1/s1. The number of benzene rings is 1. The number of epoxide rings is 1. The summed E-state index contributed by atoms with van der Waals surface area (Å²) in [4.78, 5) is 18.0. The number of hydrogen-bond acceptors (Lipinski definition) is 6. The van der Waals surface area contributed by atoms with E-state index >= 15 is 0 Å². The highest BCUT2D eigenvalue weighted by molar-refractivity contribution is 5.75. The highest BCUT2D eigenvalue weighted by Gasteiger charge is 2.65. The summed E-state index contributed by atoms with van der Waals surface area (Å²) >= 11 is 0. The van der Waals surface area contributed by atoms with Gasteiger partial charge in [0.1, 0.15) is 11.9 Å². The quantitative estimate of drug-likeness (QED) is 0.510. The molecule has 180 valence electrons. The molecule has 0 radical (unpaired) electrons. The van der Waals surface area contributed by atoms with Gasteiger partial charge in [0.05, 0.1) is 25.2 Å². The van der Waals surface area contributed by atoms with Crippen LogP contribution in [0.2, 0.25) is 0 Å². The molecule has 6 rings (SSSR count). The third-order valence-electron chi connectivity index (χ3n) is 9.65. The van der Waals surface area contributed by atoms with Crippen molar-refractivity contribution in [3.63, 3.8) is 0 Å². The lowest BCUT2D eigenvalue weighted by atomic mass is 9.53. The Morgan fingerprint density at radius 2 is 1.97 bits per heavy atom. The Morgan fingerprint density at radius 1 is 1.18 bits per heavy atom. The van der Waals surface area contributed by atoms with E-state index in [1.165, 1.54) is 24.9 Å². The molecule has 1 aromatic carbocycles. The van der Waals surface area contributed by atoms with Gasteiger partial charge in [-0.15, -0.1) is 0 Å². The lowest BCUT2D eigenvalue weighted by molar-refractivity contribution is -0.147. The van der Waals surface area contributed by atoms with Gasteiger partial charge in [-0.25, -0.2) is 0 Å². The number of anilines is 1. The van der Waals surface area contributed by atoms with Gasteiger partial charge >= 0.3 is 5.97 Å². The number of nitrogens with zero attached hydrogens (tertiary/aromatic N) is 2. The predicted molar refractivity (Wildman–Crippen MR) is 126 cm³/mol. The summed E-state index contributed by atoms with van der Waals surface area (Å²) in [6.07, 6.45) is 5.93. The van der Waals surface area contributed by atoms with E-state index in [9.17, 15) is 4.79 Å². The van der Waals surface area contributed by atoms with Crippen molar-refractivity contribution >= 4 is 11.7 Å². The van der Waals surface area contributed by atoms with E-state index in [4.69, 9.17) is 14.2 Å². The third kappa shape index (κ3) is 3.65. The molecule has 3 aliphatic heterocycles. The summed E-state index contributed by atoms with van der Waals surface area (Å²) in [6.45, 7) is 9.40. The van der Waals surface area contributed by atoms with Crippen molar-refractivity contribution in [3.8, 4) is 5.75 Å². The van der Waals surface area contributed by atoms with E-state index in [1.807, 2.05) is 12.1 Å². The average Bonchev–Trinajstić information content (AvgIpc) is 3.51. The first kappa shape index (κ1) is 21.7. The number of fused-ring (bicyclic) bond motifs is 3. The second kappa shape index (κ2) is 7.88. The number of esters is 1. The molecule has 1 aromatic rings. The third-order valence-corrected chi connectivity index (χ3v) is 9.65. The topological polar surface area (TPSA) is 54.5 Å². The van der Waals surface area contributed by atoms with Gasteiger partial charge in [0.25, 0.3) is 0 Å². The maximum absolute atomic E-state index is 13.0. The van der Waals surface area contributed by atoms with Crippen LogP contribution >= 0.6 is 0 Å². The molecule has 1 spiro atoms. The second-order valence-corrected chi connectivity index (χ2v) is 11.6. The molecule has 33 heavy (non-hydrogen) atoms. The summed E-state index contributed by atoms with van der Waals surface area (Å²) in [5, 5.41) is 0. The van der Waals surface area contributed by atoms with Gasteiger partial charge in [-0.05, 0) is 74.6 Å². The maximum atomic E-state index is 13.0. The van der Waals surface area contributed by atoms with Gasteiger partial charge in [-0.1, -0.05) is 6.92 Å². The lowest BCUT2D eigenvalue weighted by Crippen LogP contribution is -2.54. The number of carbonyl (C=O) groups is 1. The largest absolute Gasteiger partial charge is 0.497 e. The molecule has 3 heterocycles. The highest BCUT2D eigenvalue weighted by atomic mass is 16.6. The van der Waals surface area contributed by atoms with E-state index in [-0.39, 0.29) is 29.0 Å². The van der Waals surface area contributed by atoms with Crippen molar-refractivity contribution < 1.29 is 19.0 Å². The Bertz CT molecular complexity index is 900. The predicted octanol–water partition coefficient (Wildman–Crippen LogP) is 3.73. The zero-order valence-electron chi connectivity index (χ0n) is 20.3. The van der Waals surface area contributed by atoms with Gasteiger partial charge in [-0.3, -0.25) is 9.69 Å². The minimum atomic E-state index is 0.0111. The summed E-state index contributed by atoms with van der Waals surface area (Å²) < 4.78 is 17.4. The van der Waals surface area contributed by atoms with E-state index < -0.39 is 0 Å². The van der Waals surface area contributed by atoms with Gasteiger partial charge in [0.2, 0.25) is 0 Å². The fourth-order valence-electron chi connectivity index (χ4n) is 7.80. The molecule has 5 fully saturated rings. The number of piperazine rings is 1. The van der Waals surface area contributed by atoms with Gasteiger partial charge in [0.15, 0.2) is 0 Å². The molecule has 0 bridgehead atoms. The molecule has 0 aromatic heterocycles. The Kier molecular flexibility index (Phi) is 5.18. The van der Waals surface area contributed by atoms with Crippen LogP contribution in [0, 0.1) is 23.2 Å². The molecule has 6 nitrogen and oxygen atoms in total. The first-order valence-corrected chi connectivity index (χ1v) is 12.9. The molecular formula is C27H38N2O4. The Balaban J connectivity index is 1.12. The molecular weight excluding hydrogens is 416 g/mol. The van der Waals surface area contributed by atoms with Crippen LogP contribution in [0.1, 0.15) is 46.0 Å². The first-order valence-electron chi connectivity index (χ1n) is 12.9. The van der Waals surface area contributed by atoms with Gasteiger partial charge < -0.3 is 19.1 Å². The van der Waals surface area contributed by atoms with Crippen LogP contribution in [0.15, 0.2) is 24.3 Å². The number of methoxy groups -OCH3 is 1. The second-order valence-electron chi connectivity index (χ2n) is 11.6. The van der Waals surface area contributed by atoms with Crippen molar-refractivity contribution in [2.24, 2.45) is 23.2 Å². The number of carbonyl (C=O) groups excluding carboxylic acids is 1. The summed E-state index contributed by atoms with van der Waals surface area (Å²) in [6, 6.07) is 8.74. The fourth-order valence-corrected chi connectivity index (χ4v) is 7.80. The van der Waals surface area contributed by atoms with Crippen LogP contribution in [0.4, 0.5) is 5.69 Å². The number of ether oxygens (including phenoxy) is 3. The van der Waals surface area contributed by atoms with Crippen LogP contribution in [0.3, 0.4) is 0 Å². The van der Waals surface area contributed by atoms with E-state index in [1.54, 1.807) is 7.11 Å². The minimum absolute atomic E-state index is 0.0111. The van der Waals surface area contributed by atoms with Crippen molar-refractivity contribution in [3.05, 3.63) is 24.3 Å². The van der Waals surface area contributed by atoms with Crippen molar-refractivity contribution in [2.75, 3.05) is 44.8 Å².